The van der Waals surface area contributed by atoms with Gasteiger partial charge in [-0.15, -0.1) is 0 Å². The van der Waals surface area contributed by atoms with Crippen LogP contribution in [0.5, 0.6) is 0 Å². The molecule has 5 heteroatoms. The Hall–Kier alpha value is -1.33. The molecule has 1 saturated heterocycles. The first-order valence-electron chi connectivity index (χ1n) is 6.60. The van der Waals surface area contributed by atoms with Gasteiger partial charge in [0.15, 0.2) is 5.82 Å². The monoisotopic (exact) mass is 320 g/mol. The highest BCUT2D eigenvalue weighted by molar-refractivity contribution is 9.10. The molecule has 1 aromatic heterocycles. The van der Waals surface area contributed by atoms with Crippen molar-refractivity contribution in [3.63, 3.8) is 0 Å². The Kier molecular flexibility index (Phi) is 3.84. The van der Waals surface area contributed by atoms with Crippen LogP contribution < -0.4 is 10.2 Å². The Morgan fingerprint density at radius 2 is 2.11 bits per heavy atom. The van der Waals surface area contributed by atoms with Crippen molar-refractivity contribution >= 4 is 21.7 Å². The lowest BCUT2D eigenvalue weighted by molar-refractivity contribution is 0.724. The van der Waals surface area contributed by atoms with E-state index in [0.29, 0.717) is 0 Å². The van der Waals surface area contributed by atoms with Crippen LogP contribution in [0.4, 0.5) is 5.82 Å². The van der Waals surface area contributed by atoms with Gasteiger partial charge in [0.05, 0.1) is 5.69 Å². The van der Waals surface area contributed by atoms with Crippen molar-refractivity contribution in [3.05, 3.63) is 34.8 Å². The van der Waals surface area contributed by atoms with Crippen LogP contribution in [-0.2, 0) is 0 Å². The Balaban J connectivity index is 1.82. The van der Waals surface area contributed by atoms with E-state index in [4.69, 9.17) is 0 Å². The molecule has 0 atom stereocenters. The molecule has 0 saturated carbocycles. The molecule has 2 N–H and O–H groups in total. The normalized spacial score (nSPS) is 16.4. The van der Waals surface area contributed by atoms with Crippen LogP contribution in [0.2, 0.25) is 0 Å². The number of anilines is 1. The number of benzene rings is 1. The first-order chi connectivity index (χ1) is 9.33. The molecule has 1 aliphatic heterocycles. The average molecular weight is 321 g/mol. The van der Waals surface area contributed by atoms with Crippen molar-refractivity contribution in [1.82, 2.24) is 15.5 Å². The maximum absolute atomic E-state index is 4.45. The first-order valence-corrected chi connectivity index (χ1v) is 7.39. The molecule has 0 radical (unpaired) electrons. The van der Waals surface area contributed by atoms with Crippen molar-refractivity contribution in [2.45, 2.75) is 6.42 Å². The molecule has 0 spiro atoms. The highest BCUT2D eigenvalue weighted by Gasteiger charge is 2.13. The molecule has 2 aromatic rings. The quantitative estimate of drug-likeness (QED) is 0.894. The van der Waals surface area contributed by atoms with Crippen LogP contribution in [0, 0.1) is 0 Å². The SMILES string of the molecule is Brc1cccc(-c2cc(N3CCCNCC3)n[nH]2)c1. The zero-order valence-corrected chi connectivity index (χ0v) is 12.3. The molecule has 1 aromatic carbocycles. The number of H-pyrrole nitrogens is 1. The Bertz CT molecular complexity index is 544. The van der Waals surface area contributed by atoms with E-state index in [1.807, 2.05) is 12.1 Å². The largest absolute Gasteiger partial charge is 0.354 e. The fourth-order valence-electron chi connectivity index (χ4n) is 2.35. The molecule has 19 heavy (non-hydrogen) atoms. The molecule has 1 aliphatic rings. The molecule has 0 bridgehead atoms. The molecule has 1 fully saturated rings. The van der Waals surface area contributed by atoms with E-state index in [1.165, 1.54) is 6.42 Å². The summed E-state index contributed by atoms with van der Waals surface area (Å²) in [6, 6.07) is 10.4. The van der Waals surface area contributed by atoms with Gasteiger partial charge >= 0.3 is 0 Å². The molecule has 0 amide bonds. The number of hydrogen-bond acceptors (Lipinski definition) is 3. The van der Waals surface area contributed by atoms with Crippen LogP contribution in [0.1, 0.15) is 6.42 Å². The summed E-state index contributed by atoms with van der Waals surface area (Å²) in [5, 5.41) is 11.0. The van der Waals surface area contributed by atoms with Gasteiger partial charge < -0.3 is 10.2 Å². The summed E-state index contributed by atoms with van der Waals surface area (Å²) >= 11 is 3.50. The third-order valence-corrected chi connectivity index (χ3v) is 3.86. The molecule has 100 valence electrons. The zero-order valence-electron chi connectivity index (χ0n) is 10.7. The van der Waals surface area contributed by atoms with Crippen molar-refractivity contribution in [1.29, 1.82) is 0 Å². The first kappa shape index (κ1) is 12.7. The standard InChI is InChI=1S/C14H17BrN4/c15-12-4-1-3-11(9-12)13-10-14(18-17-13)19-7-2-5-16-6-8-19/h1,3-4,9-10,16H,2,5-8H2,(H,17,18). The predicted molar refractivity (Wildman–Crippen MR) is 81.4 cm³/mol. The summed E-state index contributed by atoms with van der Waals surface area (Å²) in [7, 11) is 0. The number of nitrogens with one attached hydrogen (secondary N) is 2. The second kappa shape index (κ2) is 5.75. The number of nitrogens with zero attached hydrogens (tertiary/aromatic N) is 2. The maximum atomic E-state index is 4.45. The number of halogens is 1. The Labute approximate surface area is 121 Å². The zero-order chi connectivity index (χ0) is 13.1. The molecular formula is C14H17BrN4. The second-order valence-corrected chi connectivity index (χ2v) is 5.66. The van der Waals surface area contributed by atoms with Crippen molar-refractivity contribution in [2.24, 2.45) is 0 Å². The van der Waals surface area contributed by atoms with Crippen LogP contribution in [0.15, 0.2) is 34.8 Å². The number of aromatic nitrogens is 2. The third-order valence-electron chi connectivity index (χ3n) is 3.36. The summed E-state index contributed by atoms with van der Waals surface area (Å²) < 4.78 is 1.08. The van der Waals surface area contributed by atoms with Gasteiger partial charge in [0.1, 0.15) is 0 Å². The molecule has 0 aliphatic carbocycles. The van der Waals surface area contributed by atoms with Crippen LogP contribution in [0.3, 0.4) is 0 Å². The maximum Gasteiger partial charge on any atom is 0.151 e. The van der Waals surface area contributed by atoms with Crippen molar-refractivity contribution in [3.8, 4) is 11.3 Å². The third kappa shape index (κ3) is 2.98. The van der Waals surface area contributed by atoms with Gasteiger partial charge in [-0.3, -0.25) is 5.10 Å². The van der Waals surface area contributed by atoms with Crippen LogP contribution >= 0.6 is 15.9 Å². The summed E-state index contributed by atoms with van der Waals surface area (Å²) in [6.07, 6.45) is 1.17. The highest BCUT2D eigenvalue weighted by Crippen LogP contribution is 2.24. The lowest BCUT2D eigenvalue weighted by Crippen LogP contribution is -2.28. The van der Waals surface area contributed by atoms with E-state index >= 15 is 0 Å². The molecule has 3 rings (SSSR count). The predicted octanol–water partition coefficient (Wildman–Crippen LogP) is 2.64. The van der Waals surface area contributed by atoms with Gasteiger partial charge in [-0.2, -0.15) is 5.10 Å². The van der Waals surface area contributed by atoms with Crippen LogP contribution in [-0.4, -0.2) is 36.4 Å². The second-order valence-electron chi connectivity index (χ2n) is 4.74. The van der Waals surface area contributed by atoms with E-state index in [9.17, 15) is 0 Å². The van der Waals surface area contributed by atoms with E-state index in [-0.39, 0.29) is 0 Å². The lowest BCUT2D eigenvalue weighted by atomic mass is 10.1. The Morgan fingerprint density at radius 1 is 1.16 bits per heavy atom. The lowest BCUT2D eigenvalue weighted by Gasteiger charge is -2.18. The van der Waals surface area contributed by atoms with Crippen molar-refractivity contribution < 1.29 is 0 Å². The van der Waals surface area contributed by atoms with E-state index in [0.717, 1.165) is 47.7 Å². The minimum absolute atomic E-state index is 1.02. The van der Waals surface area contributed by atoms with E-state index < -0.39 is 0 Å². The van der Waals surface area contributed by atoms with Gasteiger partial charge in [-0.1, -0.05) is 28.1 Å². The molecular weight excluding hydrogens is 304 g/mol. The fourth-order valence-corrected chi connectivity index (χ4v) is 2.75. The fraction of sp³-hybridized carbons (Fsp3) is 0.357. The minimum atomic E-state index is 1.02. The van der Waals surface area contributed by atoms with E-state index in [1.54, 1.807) is 0 Å². The highest BCUT2D eigenvalue weighted by atomic mass is 79.9. The van der Waals surface area contributed by atoms with Gasteiger partial charge in [0.25, 0.3) is 0 Å². The van der Waals surface area contributed by atoms with E-state index in [2.05, 4.69) is 54.5 Å². The topological polar surface area (TPSA) is 44.0 Å². The Morgan fingerprint density at radius 3 is 3.00 bits per heavy atom. The van der Waals surface area contributed by atoms with Crippen molar-refractivity contribution in [2.75, 3.05) is 31.1 Å². The number of aromatic amines is 1. The summed E-state index contributed by atoms with van der Waals surface area (Å²) in [6.45, 7) is 4.21. The summed E-state index contributed by atoms with van der Waals surface area (Å²) in [5.41, 5.74) is 2.22. The smallest absolute Gasteiger partial charge is 0.151 e. The number of rotatable bonds is 2. The van der Waals surface area contributed by atoms with Gasteiger partial charge in [-0.05, 0) is 25.1 Å². The molecule has 4 nitrogen and oxygen atoms in total. The number of hydrogen-bond donors (Lipinski definition) is 2. The average Bonchev–Trinajstić information content (AvgIpc) is 2.75. The summed E-state index contributed by atoms with van der Waals surface area (Å²) in [4.78, 5) is 2.33. The van der Waals surface area contributed by atoms with Crippen LogP contribution in [0.25, 0.3) is 11.3 Å². The molecule has 0 unspecified atom stereocenters. The minimum Gasteiger partial charge on any atom is -0.354 e. The molecule has 2 heterocycles. The van der Waals surface area contributed by atoms with Gasteiger partial charge in [0.2, 0.25) is 0 Å². The summed E-state index contributed by atoms with van der Waals surface area (Å²) in [5.74, 6) is 1.04. The van der Waals surface area contributed by atoms with Gasteiger partial charge in [0, 0.05) is 35.7 Å². The van der Waals surface area contributed by atoms with Gasteiger partial charge in [-0.25, -0.2) is 0 Å².